The lowest BCUT2D eigenvalue weighted by Gasteiger charge is -2.32. The van der Waals surface area contributed by atoms with Gasteiger partial charge in [0, 0.05) is 25.8 Å². The molecule has 1 saturated heterocycles. The number of nitrogens with zero attached hydrogens (tertiary/aromatic N) is 2. The summed E-state index contributed by atoms with van der Waals surface area (Å²) in [6.45, 7) is 8.87. The summed E-state index contributed by atoms with van der Waals surface area (Å²) >= 11 is 0. The Balaban J connectivity index is 1.47. The quantitative estimate of drug-likeness (QED) is 0.848. The van der Waals surface area contributed by atoms with E-state index < -0.39 is 0 Å². The van der Waals surface area contributed by atoms with Gasteiger partial charge in [-0.25, -0.2) is 4.98 Å². The summed E-state index contributed by atoms with van der Waals surface area (Å²) in [7, 11) is 0. The number of para-hydroxylation sites is 1. The van der Waals surface area contributed by atoms with Crippen molar-refractivity contribution in [2.45, 2.75) is 33.4 Å². The van der Waals surface area contributed by atoms with Crippen molar-refractivity contribution >= 4 is 11.7 Å². The molecule has 1 aromatic carbocycles. The molecule has 1 aliphatic rings. The van der Waals surface area contributed by atoms with Gasteiger partial charge in [-0.05, 0) is 43.5 Å². The molecule has 6 nitrogen and oxygen atoms in total. The number of aromatic nitrogens is 1. The van der Waals surface area contributed by atoms with Crippen molar-refractivity contribution in [2.75, 3.05) is 31.2 Å². The highest BCUT2D eigenvalue weighted by atomic mass is 16.5. The van der Waals surface area contributed by atoms with Crippen molar-refractivity contribution in [3.63, 3.8) is 0 Å². The third kappa shape index (κ3) is 5.20. The minimum absolute atomic E-state index is 0.00285. The van der Waals surface area contributed by atoms with Crippen molar-refractivity contribution in [3.05, 3.63) is 53.2 Å². The molecule has 2 aromatic rings. The Morgan fingerprint density at radius 2 is 2.07 bits per heavy atom. The van der Waals surface area contributed by atoms with E-state index in [1.54, 1.807) is 0 Å². The fraction of sp³-hybridized carbons (Fsp3) is 0.429. The molecule has 0 bridgehead atoms. The van der Waals surface area contributed by atoms with Crippen molar-refractivity contribution in [1.29, 1.82) is 0 Å². The van der Waals surface area contributed by atoms with Gasteiger partial charge in [-0.1, -0.05) is 24.3 Å². The van der Waals surface area contributed by atoms with Crippen LogP contribution in [0.2, 0.25) is 0 Å². The first-order valence-corrected chi connectivity index (χ1v) is 9.30. The number of ether oxygens (including phenoxy) is 2. The van der Waals surface area contributed by atoms with Crippen molar-refractivity contribution in [1.82, 2.24) is 10.3 Å². The number of nitrogens with one attached hydrogen (secondary N) is 1. The molecular formula is C21H27N3O3. The summed E-state index contributed by atoms with van der Waals surface area (Å²) in [5.41, 5.74) is 3.01. The van der Waals surface area contributed by atoms with Crippen LogP contribution in [0.15, 0.2) is 36.5 Å². The highest BCUT2D eigenvalue weighted by Gasteiger charge is 2.17. The van der Waals surface area contributed by atoms with Crippen LogP contribution in [0.1, 0.15) is 23.6 Å². The van der Waals surface area contributed by atoms with Gasteiger partial charge in [-0.15, -0.1) is 0 Å². The zero-order valence-corrected chi connectivity index (χ0v) is 16.2. The number of benzene rings is 1. The molecule has 0 spiro atoms. The number of carbonyl (C=O) groups excluding carboxylic acids is 1. The lowest BCUT2D eigenvalue weighted by Crippen LogP contribution is -2.41. The van der Waals surface area contributed by atoms with Crippen molar-refractivity contribution < 1.29 is 14.3 Å². The maximum absolute atomic E-state index is 12.1. The monoisotopic (exact) mass is 369 g/mol. The molecule has 3 rings (SSSR count). The molecule has 0 saturated carbocycles. The zero-order chi connectivity index (χ0) is 19.2. The predicted molar refractivity (Wildman–Crippen MR) is 105 cm³/mol. The first-order chi connectivity index (χ1) is 13.0. The lowest BCUT2D eigenvalue weighted by molar-refractivity contribution is -0.123. The van der Waals surface area contributed by atoms with Crippen molar-refractivity contribution in [2.24, 2.45) is 0 Å². The third-order valence-corrected chi connectivity index (χ3v) is 4.62. The first-order valence-electron chi connectivity index (χ1n) is 9.30. The average Bonchev–Trinajstić information content (AvgIpc) is 2.66. The molecule has 2 heterocycles. The van der Waals surface area contributed by atoms with Crippen LogP contribution in [0, 0.1) is 13.8 Å². The first kappa shape index (κ1) is 19.2. The van der Waals surface area contributed by atoms with Gasteiger partial charge in [0.15, 0.2) is 6.61 Å². The van der Waals surface area contributed by atoms with E-state index in [2.05, 4.69) is 22.1 Å². The smallest absolute Gasteiger partial charge is 0.258 e. The van der Waals surface area contributed by atoms with E-state index in [4.69, 9.17) is 9.47 Å². The zero-order valence-electron chi connectivity index (χ0n) is 16.2. The molecule has 0 aliphatic carbocycles. The fourth-order valence-corrected chi connectivity index (χ4v) is 3.15. The molecule has 1 atom stereocenters. The van der Waals surface area contributed by atoms with Gasteiger partial charge >= 0.3 is 0 Å². The molecule has 27 heavy (non-hydrogen) atoms. The minimum atomic E-state index is -0.149. The molecule has 1 amide bonds. The van der Waals surface area contributed by atoms with E-state index in [1.165, 1.54) is 0 Å². The SMILES string of the molecule is Cc1cccc(C)c1OCC(=O)NCc1ccc(N2CCOC(C)C2)nc1. The topological polar surface area (TPSA) is 63.7 Å². The van der Waals surface area contributed by atoms with E-state index in [1.807, 2.05) is 50.4 Å². The molecule has 1 unspecified atom stereocenters. The van der Waals surface area contributed by atoms with E-state index in [0.717, 1.165) is 48.0 Å². The summed E-state index contributed by atoms with van der Waals surface area (Å²) in [5.74, 6) is 1.57. The Morgan fingerprint density at radius 3 is 2.74 bits per heavy atom. The van der Waals surface area contributed by atoms with Crippen LogP contribution in [0.4, 0.5) is 5.82 Å². The fourth-order valence-electron chi connectivity index (χ4n) is 3.15. The van der Waals surface area contributed by atoms with Gasteiger partial charge in [0.1, 0.15) is 11.6 Å². The van der Waals surface area contributed by atoms with Crippen LogP contribution >= 0.6 is 0 Å². The summed E-state index contributed by atoms with van der Waals surface area (Å²) < 4.78 is 11.2. The second-order valence-electron chi connectivity index (χ2n) is 6.94. The number of morpholine rings is 1. The highest BCUT2D eigenvalue weighted by molar-refractivity contribution is 5.77. The molecule has 1 N–H and O–H groups in total. The van der Waals surface area contributed by atoms with Gasteiger partial charge < -0.3 is 19.7 Å². The summed E-state index contributed by atoms with van der Waals surface area (Å²) in [6, 6.07) is 9.92. The predicted octanol–water partition coefficient (Wildman–Crippen LogP) is 2.62. The largest absolute Gasteiger partial charge is 0.483 e. The second-order valence-corrected chi connectivity index (χ2v) is 6.94. The number of aryl methyl sites for hydroxylation is 2. The molecule has 1 aromatic heterocycles. The number of rotatable bonds is 6. The van der Waals surface area contributed by atoms with Crippen LogP contribution < -0.4 is 15.0 Å². The summed E-state index contributed by atoms with van der Waals surface area (Å²) in [4.78, 5) is 18.8. The Morgan fingerprint density at radius 1 is 1.30 bits per heavy atom. The third-order valence-electron chi connectivity index (χ3n) is 4.62. The van der Waals surface area contributed by atoms with E-state index >= 15 is 0 Å². The molecular weight excluding hydrogens is 342 g/mol. The average molecular weight is 369 g/mol. The summed E-state index contributed by atoms with van der Waals surface area (Å²) in [5, 5.41) is 2.88. The van der Waals surface area contributed by atoms with E-state index in [9.17, 15) is 4.79 Å². The number of amides is 1. The molecule has 6 heteroatoms. The molecule has 1 fully saturated rings. The van der Waals surface area contributed by atoms with Gasteiger partial charge in [-0.2, -0.15) is 0 Å². The number of anilines is 1. The van der Waals surface area contributed by atoms with Crippen LogP contribution in [0.5, 0.6) is 5.75 Å². The number of hydrogen-bond donors (Lipinski definition) is 1. The second kappa shape index (κ2) is 8.86. The van der Waals surface area contributed by atoms with E-state index in [0.29, 0.717) is 6.54 Å². The van der Waals surface area contributed by atoms with Gasteiger partial charge in [0.2, 0.25) is 0 Å². The van der Waals surface area contributed by atoms with E-state index in [-0.39, 0.29) is 18.6 Å². The normalized spacial score (nSPS) is 16.9. The van der Waals surface area contributed by atoms with Gasteiger partial charge in [0.25, 0.3) is 5.91 Å². The van der Waals surface area contributed by atoms with Gasteiger partial charge in [0.05, 0.1) is 12.7 Å². The Hall–Kier alpha value is -2.60. The standard InChI is InChI=1S/C21H27N3O3/c1-15-5-4-6-16(2)21(15)27-14-20(25)23-12-18-7-8-19(22-11-18)24-9-10-26-17(3)13-24/h4-8,11,17H,9-10,12-14H2,1-3H3,(H,23,25). The molecule has 0 radical (unpaired) electrons. The maximum atomic E-state index is 12.1. The van der Waals surface area contributed by atoms with Crippen LogP contribution in [-0.2, 0) is 16.1 Å². The Kier molecular flexibility index (Phi) is 6.29. The van der Waals surface area contributed by atoms with Crippen LogP contribution in [0.3, 0.4) is 0 Å². The molecule has 1 aliphatic heterocycles. The van der Waals surface area contributed by atoms with Gasteiger partial charge in [-0.3, -0.25) is 4.79 Å². The Labute approximate surface area is 160 Å². The summed E-state index contributed by atoms with van der Waals surface area (Å²) in [6.07, 6.45) is 2.03. The number of hydrogen-bond acceptors (Lipinski definition) is 5. The van der Waals surface area contributed by atoms with Crippen LogP contribution in [-0.4, -0.2) is 43.3 Å². The highest BCUT2D eigenvalue weighted by Crippen LogP contribution is 2.22. The number of pyridine rings is 1. The number of carbonyl (C=O) groups is 1. The van der Waals surface area contributed by atoms with Crippen molar-refractivity contribution in [3.8, 4) is 5.75 Å². The Bertz CT molecular complexity index is 756. The van der Waals surface area contributed by atoms with Crippen LogP contribution in [0.25, 0.3) is 0 Å². The maximum Gasteiger partial charge on any atom is 0.258 e. The molecule has 144 valence electrons. The minimum Gasteiger partial charge on any atom is -0.483 e. The lowest BCUT2D eigenvalue weighted by atomic mass is 10.1.